The molecule has 4 atom stereocenters. The Kier molecular flexibility index (Phi) is 13.8. The summed E-state index contributed by atoms with van der Waals surface area (Å²) >= 11 is 0. The summed E-state index contributed by atoms with van der Waals surface area (Å²) in [4.78, 5) is 20.1. The Morgan fingerprint density at radius 3 is 1.94 bits per heavy atom. The molecule has 17 heavy (non-hydrogen) atoms. The zero-order chi connectivity index (χ0) is 10.9. The maximum absolute atomic E-state index is 10.0. The number of phosphoric acid groups is 1. The number of aliphatic hydroxyl groups is 3. The average Bonchev–Trinajstić information content (AvgIpc) is 2.28. The predicted molar refractivity (Wildman–Crippen MR) is 40.1 cm³/mol. The van der Waals surface area contributed by atoms with Crippen molar-refractivity contribution in [1.29, 1.82) is 0 Å². The van der Waals surface area contributed by atoms with Crippen molar-refractivity contribution in [2.45, 2.75) is 24.6 Å². The molecule has 9 nitrogen and oxygen atoms in total. The van der Waals surface area contributed by atoms with Crippen molar-refractivity contribution in [3.63, 3.8) is 0 Å². The fourth-order valence-electron chi connectivity index (χ4n) is 1.03. The van der Waals surface area contributed by atoms with Crippen LogP contribution in [0.1, 0.15) is 0 Å². The molecule has 0 aliphatic carbocycles. The van der Waals surface area contributed by atoms with E-state index in [1.807, 2.05) is 0 Å². The molecule has 92 valence electrons. The monoisotopic (exact) mass is 292 g/mol. The Labute approximate surface area is 141 Å². The molecule has 1 aliphatic heterocycles. The maximum Gasteiger partial charge on any atom is 1.00 e. The Hall–Kier alpha value is 1.91. The summed E-state index contributed by atoms with van der Waals surface area (Å²) in [6.07, 6.45) is -5.88. The minimum absolute atomic E-state index is 0. The molecule has 0 bridgehead atoms. The van der Waals surface area contributed by atoms with Gasteiger partial charge >= 0.3 is 59.1 Å². The van der Waals surface area contributed by atoms with Gasteiger partial charge in [-0.25, -0.2) is 0 Å². The van der Waals surface area contributed by atoms with Gasteiger partial charge in [0.15, 0.2) is 6.29 Å². The fraction of sp³-hybridized carbons (Fsp3) is 1.00. The van der Waals surface area contributed by atoms with Gasteiger partial charge in [0.2, 0.25) is 0 Å². The van der Waals surface area contributed by atoms with E-state index in [1.165, 1.54) is 0 Å². The minimum Gasteiger partial charge on any atom is -0.790 e. The summed E-state index contributed by atoms with van der Waals surface area (Å²) in [6.45, 7) is -0.737. The van der Waals surface area contributed by atoms with Gasteiger partial charge in [-0.1, -0.05) is 0 Å². The summed E-state index contributed by atoms with van der Waals surface area (Å²) in [5.74, 6) is 0. The van der Waals surface area contributed by atoms with Crippen LogP contribution in [0.3, 0.4) is 0 Å². The van der Waals surface area contributed by atoms with Gasteiger partial charge in [0.25, 0.3) is 0 Å². The van der Waals surface area contributed by atoms with Gasteiger partial charge < -0.3 is 44.4 Å². The largest absolute Gasteiger partial charge is 1.00 e. The summed E-state index contributed by atoms with van der Waals surface area (Å²) in [6, 6.07) is 0. The number of hydrogen-bond donors (Lipinski definition) is 3. The molecule has 1 rings (SSSR count). The van der Waals surface area contributed by atoms with Crippen molar-refractivity contribution in [3.05, 3.63) is 0 Å². The average molecular weight is 292 g/mol. The van der Waals surface area contributed by atoms with Crippen LogP contribution < -0.4 is 68.9 Å². The van der Waals surface area contributed by atoms with Gasteiger partial charge in [0.1, 0.15) is 18.3 Å². The van der Waals surface area contributed by atoms with Crippen molar-refractivity contribution in [2.75, 3.05) is 6.61 Å². The summed E-state index contributed by atoms with van der Waals surface area (Å²) in [5, 5.41) is 26.9. The Morgan fingerprint density at radius 1 is 1.18 bits per heavy atom. The second kappa shape index (κ2) is 9.76. The van der Waals surface area contributed by atoms with Gasteiger partial charge in [-0.3, -0.25) is 0 Å². The normalized spacial score (nSPS) is 32.1. The van der Waals surface area contributed by atoms with Gasteiger partial charge in [-0.05, 0) is 0 Å². The molecule has 0 radical (unpaired) electrons. The van der Waals surface area contributed by atoms with Crippen LogP contribution in [0.15, 0.2) is 0 Å². The number of aliphatic hydroxyl groups excluding tert-OH is 3. The topological polar surface area (TPSA) is 174 Å². The van der Waals surface area contributed by atoms with Gasteiger partial charge in [0, 0.05) is 0 Å². The van der Waals surface area contributed by atoms with E-state index in [1.54, 1.807) is 0 Å². The van der Waals surface area contributed by atoms with Gasteiger partial charge in [-0.2, -0.15) is 0 Å². The minimum atomic E-state index is -5.14. The molecule has 0 aromatic rings. The molecular weight excluding hydrogens is 281 g/mol. The second-order valence-corrected chi connectivity index (χ2v) is 3.94. The van der Waals surface area contributed by atoms with Crippen molar-refractivity contribution in [1.82, 2.24) is 0 Å². The predicted octanol–water partition coefficient (Wildman–Crippen LogP) is -10.5. The summed E-state index contributed by atoms with van der Waals surface area (Å²) < 4.78 is 18.4. The molecule has 1 aliphatic rings. The van der Waals surface area contributed by atoms with Crippen LogP contribution in [-0.2, 0) is 13.8 Å². The summed E-state index contributed by atoms with van der Waals surface area (Å²) in [7, 11) is -5.14. The first-order valence-electron chi connectivity index (χ1n) is 3.67. The van der Waals surface area contributed by atoms with E-state index in [4.69, 9.17) is 15.3 Å². The molecule has 1 saturated heterocycles. The third-order valence-electron chi connectivity index (χ3n) is 1.73. The van der Waals surface area contributed by atoms with Crippen LogP contribution in [-0.4, -0.2) is 52.0 Å². The van der Waals surface area contributed by atoms with Gasteiger partial charge in [0.05, 0.1) is 14.4 Å². The maximum atomic E-state index is 10.0. The Bertz CT molecular complexity index is 248. The molecule has 0 saturated carbocycles. The quantitative estimate of drug-likeness (QED) is 0.339. The molecule has 0 amide bonds. The Balaban J connectivity index is -0.000000653. The second-order valence-electron chi connectivity index (χ2n) is 2.79. The zero-order valence-electron chi connectivity index (χ0n) is 9.35. The summed E-state index contributed by atoms with van der Waals surface area (Å²) in [5.41, 5.74) is 0. The van der Waals surface area contributed by atoms with Gasteiger partial charge in [-0.15, -0.1) is 0 Å². The molecule has 0 aromatic heterocycles. The van der Waals surface area contributed by atoms with Crippen LogP contribution in [0.5, 0.6) is 0 Å². The standard InChI is InChI=1S/C5H11O8P.2Na.H2O/c6-3-2(1-12-14(9,10)11)13-5(8)4(3)7;;;/h2-8H,1H2,(H2,9,10,11);;;1H2/q;2*+1;/p-2. The number of ether oxygens (including phenoxy) is 1. The van der Waals surface area contributed by atoms with E-state index in [2.05, 4.69) is 9.26 Å². The van der Waals surface area contributed by atoms with Crippen LogP contribution in [0.4, 0.5) is 0 Å². The van der Waals surface area contributed by atoms with Crippen molar-refractivity contribution >= 4 is 7.82 Å². The van der Waals surface area contributed by atoms with Crippen molar-refractivity contribution in [3.8, 4) is 0 Å². The van der Waals surface area contributed by atoms with Crippen LogP contribution in [0, 0.1) is 0 Å². The van der Waals surface area contributed by atoms with Crippen LogP contribution in [0.25, 0.3) is 0 Å². The van der Waals surface area contributed by atoms with E-state index in [-0.39, 0.29) is 64.6 Å². The van der Waals surface area contributed by atoms with E-state index in [0.717, 1.165) is 0 Å². The van der Waals surface area contributed by atoms with E-state index >= 15 is 0 Å². The van der Waals surface area contributed by atoms with E-state index in [9.17, 15) is 14.4 Å². The van der Waals surface area contributed by atoms with Crippen molar-refractivity contribution in [2.24, 2.45) is 0 Å². The third kappa shape index (κ3) is 7.93. The number of rotatable bonds is 3. The number of hydrogen-bond acceptors (Lipinski definition) is 8. The van der Waals surface area contributed by atoms with Crippen LogP contribution >= 0.6 is 7.82 Å². The Morgan fingerprint density at radius 2 is 1.65 bits per heavy atom. The molecule has 1 heterocycles. The number of phosphoric ester groups is 1. The molecule has 1 fully saturated rings. The van der Waals surface area contributed by atoms with Crippen molar-refractivity contribution < 1.29 is 104 Å². The SMILES string of the molecule is O.O=P([O-])([O-])OCC1OC(O)C(O)C1O.[Na+].[Na+]. The van der Waals surface area contributed by atoms with E-state index in [0.29, 0.717) is 0 Å². The molecule has 5 N–H and O–H groups in total. The molecule has 4 unspecified atom stereocenters. The molecule has 0 aromatic carbocycles. The van der Waals surface area contributed by atoms with E-state index < -0.39 is 39.0 Å². The molecule has 12 heteroatoms. The first-order valence-corrected chi connectivity index (χ1v) is 5.13. The fourth-order valence-corrected chi connectivity index (χ4v) is 1.36. The first kappa shape index (κ1) is 24.0. The molecular formula is C5H11Na2O9P. The van der Waals surface area contributed by atoms with Crippen LogP contribution in [0.2, 0.25) is 0 Å². The molecule has 0 spiro atoms. The first-order chi connectivity index (χ1) is 6.31. The smallest absolute Gasteiger partial charge is 0.790 e. The zero-order valence-corrected chi connectivity index (χ0v) is 14.2. The third-order valence-corrected chi connectivity index (χ3v) is 2.20.